The lowest BCUT2D eigenvalue weighted by Crippen LogP contribution is -2.32. The number of hydrogen-bond acceptors (Lipinski definition) is 1. The van der Waals surface area contributed by atoms with Crippen molar-refractivity contribution in [3.63, 3.8) is 0 Å². The van der Waals surface area contributed by atoms with Gasteiger partial charge in [0.2, 0.25) is 5.92 Å². The largest absolute Gasteiger partial charge is 0.416 e. The Morgan fingerprint density at radius 2 is 1.62 bits per heavy atom. The van der Waals surface area contributed by atoms with Crippen molar-refractivity contribution in [3.05, 3.63) is 35.4 Å². The van der Waals surface area contributed by atoms with E-state index in [0.29, 0.717) is 5.56 Å². The van der Waals surface area contributed by atoms with E-state index < -0.39 is 23.8 Å². The second kappa shape index (κ2) is 5.91. The predicted molar refractivity (Wildman–Crippen MR) is 68.1 cm³/mol. The van der Waals surface area contributed by atoms with Crippen molar-refractivity contribution in [2.75, 3.05) is 0 Å². The normalized spacial score (nSPS) is 21.2. The van der Waals surface area contributed by atoms with Crippen molar-refractivity contribution in [1.82, 2.24) is 0 Å². The van der Waals surface area contributed by atoms with Gasteiger partial charge in [0.1, 0.15) is 0 Å². The van der Waals surface area contributed by atoms with Crippen LogP contribution in [-0.4, -0.2) is 17.1 Å². The molecule has 2 rings (SSSR count). The molecule has 0 aromatic heterocycles. The molecular formula is C15H17F5O. The molecule has 0 bridgehead atoms. The molecule has 0 amide bonds. The summed E-state index contributed by atoms with van der Waals surface area (Å²) in [4.78, 5) is 0. The van der Waals surface area contributed by atoms with Crippen LogP contribution in [0.3, 0.4) is 0 Å². The summed E-state index contributed by atoms with van der Waals surface area (Å²) in [5.41, 5.74) is -0.161. The number of benzene rings is 1. The van der Waals surface area contributed by atoms with Crippen LogP contribution in [0.1, 0.15) is 36.8 Å². The van der Waals surface area contributed by atoms with Gasteiger partial charge in [-0.1, -0.05) is 12.1 Å². The van der Waals surface area contributed by atoms with Crippen LogP contribution in [-0.2, 0) is 12.6 Å². The molecule has 1 unspecified atom stereocenters. The fourth-order valence-corrected chi connectivity index (χ4v) is 2.69. The molecule has 1 atom stereocenters. The van der Waals surface area contributed by atoms with Crippen LogP contribution in [0.15, 0.2) is 24.3 Å². The standard InChI is InChI=1S/C15H17F5O/c16-14(17)7-5-11(6-8-14)13(21)9-10-1-3-12(4-2-10)15(18,19)20/h1-4,11,13,21H,5-9H2. The van der Waals surface area contributed by atoms with Gasteiger partial charge >= 0.3 is 6.18 Å². The molecule has 0 saturated heterocycles. The SMILES string of the molecule is OC(Cc1ccc(C(F)(F)F)cc1)C1CCC(F)(F)CC1. The highest BCUT2D eigenvalue weighted by Gasteiger charge is 2.37. The molecule has 1 aliphatic rings. The molecule has 118 valence electrons. The van der Waals surface area contributed by atoms with Gasteiger partial charge in [0.25, 0.3) is 0 Å². The van der Waals surface area contributed by atoms with Gasteiger partial charge in [-0.25, -0.2) is 8.78 Å². The Labute approximate surface area is 119 Å². The Morgan fingerprint density at radius 1 is 1.10 bits per heavy atom. The summed E-state index contributed by atoms with van der Waals surface area (Å²) in [5.74, 6) is -2.86. The van der Waals surface area contributed by atoms with Crippen LogP contribution in [0.5, 0.6) is 0 Å². The fraction of sp³-hybridized carbons (Fsp3) is 0.600. The van der Waals surface area contributed by atoms with Gasteiger partial charge in [-0.3, -0.25) is 0 Å². The number of aliphatic hydroxyl groups is 1. The molecule has 1 aromatic rings. The minimum Gasteiger partial charge on any atom is -0.392 e. The first-order valence-corrected chi connectivity index (χ1v) is 6.89. The second-order valence-electron chi connectivity index (χ2n) is 5.66. The third kappa shape index (κ3) is 4.40. The highest BCUT2D eigenvalue weighted by atomic mass is 19.4. The summed E-state index contributed by atoms with van der Waals surface area (Å²) in [6.07, 6.45) is -4.97. The average molecular weight is 308 g/mol. The van der Waals surface area contributed by atoms with Crippen LogP contribution in [0.4, 0.5) is 22.0 Å². The van der Waals surface area contributed by atoms with E-state index in [-0.39, 0.29) is 38.0 Å². The van der Waals surface area contributed by atoms with Crippen LogP contribution in [0.25, 0.3) is 0 Å². The molecule has 1 aliphatic carbocycles. The molecule has 0 heterocycles. The van der Waals surface area contributed by atoms with Gasteiger partial charge in [0, 0.05) is 12.8 Å². The molecule has 0 spiro atoms. The Kier molecular flexibility index (Phi) is 4.56. The van der Waals surface area contributed by atoms with Crippen LogP contribution >= 0.6 is 0 Å². The van der Waals surface area contributed by atoms with Crippen LogP contribution in [0, 0.1) is 5.92 Å². The fourth-order valence-electron chi connectivity index (χ4n) is 2.69. The Bertz CT molecular complexity index is 456. The van der Waals surface area contributed by atoms with E-state index in [9.17, 15) is 27.1 Å². The van der Waals surface area contributed by atoms with Crippen LogP contribution < -0.4 is 0 Å². The third-order valence-corrected chi connectivity index (χ3v) is 4.03. The van der Waals surface area contributed by atoms with E-state index in [1.807, 2.05) is 0 Å². The minimum atomic E-state index is -4.38. The summed E-state index contributed by atoms with van der Waals surface area (Å²) in [5, 5.41) is 10.1. The highest BCUT2D eigenvalue weighted by molar-refractivity contribution is 5.25. The lowest BCUT2D eigenvalue weighted by atomic mass is 9.81. The van der Waals surface area contributed by atoms with Crippen molar-refractivity contribution in [1.29, 1.82) is 0 Å². The smallest absolute Gasteiger partial charge is 0.392 e. The first kappa shape index (κ1) is 16.2. The van der Waals surface area contributed by atoms with Gasteiger partial charge < -0.3 is 5.11 Å². The lowest BCUT2D eigenvalue weighted by molar-refractivity contribution is -0.137. The maximum Gasteiger partial charge on any atom is 0.416 e. The van der Waals surface area contributed by atoms with Crippen molar-refractivity contribution < 1.29 is 27.1 Å². The maximum atomic E-state index is 13.0. The van der Waals surface area contributed by atoms with E-state index in [0.717, 1.165) is 12.1 Å². The van der Waals surface area contributed by atoms with Crippen molar-refractivity contribution >= 4 is 0 Å². The van der Waals surface area contributed by atoms with E-state index in [1.54, 1.807) is 0 Å². The molecule has 6 heteroatoms. The molecule has 1 N–H and O–H groups in total. The Balaban J connectivity index is 1.92. The molecular weight excluding hydrogens is 291 g/mol. The molecule has 0 aliphatic heterocycles. The zero-order valence-corrected chi connectivity index (χ0v) is 11.3. The van der Waals surface area contributed by atoms with Gasteiger partial charge in [-0.05, 0) is 42.9 Å². The number of aliphatic hydroxyl groups excluding tert-OH is 1. The molecule has 1 fully saturated rings. The maximum absolute atomic E-state index is 13.0. The predicted octanol–water partition coefficient (Wildman–Crippen LogP) is 4.43. The summed E-state index contributed by atoms with van der Waals surface area (Å²) in [7, 11) is 0. The Hall–Kier alpha value is -1.17. The van der Waals surface area contributed by atoms with Crippen molar-refractivity contribution in [3.8, 4) is 0 Å². The highest BCUT2D eigenvalue weighted by Crippen LogP contribution is 2.38. The molecule has 1 saturated carbocycles. The second-order valence-corrected chi connectivity index (χ2v) is 5.66. The molecule has 1 nitrogen and oxygen atoms in total. The molecule has 21 heavy (non-hydrogen) atoms. The van der Waals surface area contributed by atoms with E-state index >= 15 is 0 Å². The number of hydrogen-bond donors (Lipinski definition) is 1. The van der Waals surface area contributed by atoms with E-state index in [4.69, 9.17) is 0 Å². The summed E-state index contributed by atoms with van der Waals surface area (Å²) >= 11 is 0. The Morgan fingerprint density at radius 3 is 2.10 bits per heavy atom. The van der Waals surface area contributed by atoms with Crippen molar-refractivity contribution in [2.24, 2.45) is 5.92 Å². The summed E-state index contributed by atoms with van der Waals surface area (Å²) < 4.78 is 63.3. The number of alkyl halides is 5. The zero-order valence-electron chi connectivity index (χ0n) is 11.3. The van der Waals surface area contributed by atoms with Crippen LogP contribution in [0.2, 0.25) is 0 Å². The first-order valence-electron chi connectivity index (χ1n) is 6.89. The molecule has 1 aromatic carbocycles. The topological polar surface area (TPSA) is 20.2 Å². The third-order valence-electron chi connectivity index (χ3n) is 4.03. The van der Waals surface area contributed by atoms with Gasteiger partial charge in [0.15, 0.2) is 0 Å². The zero-order chi connectivity index (χ0) is 15.7. The van der Waals surface area contributed by atoms with Crippen molar-refractivity contribution in [2.45, 2.75) is 50.3 Å². The van der Waals surface area contributed by atoms with Gasteiger partial charge in [0.05, 0.1) is 11.7 Å². The van der Waals surface area contributed by atoms with Gasteiger partial charge in [-0.15, -0.1) is 0 Å². The average Bonchev–Trinajstić information content (AvgIpc) is 2.38. The lowest BCUT2D eigenvalue weighted by Gasteiger charge is -2.31. The molecule has 0 radical (unpaired) electrons. The van der Waals surface area contributed by atoms with E-state index in [1.165, 1.54) is 12.1 Å². The first-order chi connectivity index (χ1) is 9.67. The number of rotatable bonds is 3. The van der Waals surface area contributed by atoms with E-state index in [2.05, 4.69) is 0 Å². The monoisotopic (exact) mass is 308 g/mol. The summed E-state index contributed by atoms with van der Waals surface area (Å²) in [6, 6.07) is 4.58. The van der Waals surface area contributed by atoms with Gasteiger partial charge in [-0.2, -0.15) is 13.2 Å². The number of halogens is 5. The summed E-state index contributed by atoms with van der Waals surface area (Å²) in [6.45, 7) is 0. The minimum absolute atomic E-state index is 0.189. The quantitative estimate of drug-likeness (QED) is 0.819.